The largest absolute Gasteiger partial charge is 0.486 e. The normalized spacial score (nSPS) is 15.6. The first kappa shape index (κ1) is 19.0. The molecule has 2 heterocycles. The number of benzene rings is 1. The number of hydrogen-bond donors (Lipinski definition) is 2. The summed E-state index contributed by atoms with van der Waals surface area (Å²) in [6, 6.07) is 6.28. The first-order valence-corrected chi connectivity index (χ1v) is 8.91. The van der Waals surface area contributed by atoms with E-state index in [1.54, 1.807) is 6.07 Å². The molecule has 1 fully saturated rings. The number of fused-ring (bicyclic) bond motifs is 1. The summed E-state index contributed by atoms with van der Waals surface area (Å²) in [5.74, 6) is -1.62. The van der Waals surface area contributed by atoms with Gasteiger partial charge in [0, 0.05) is 23.4 Å². The monoisotopic (exact) mass is 407 g/mol. The number of aromatic nitrogens is 1. The van der Waals surface area contributed by atoms with Crippen molar-refractivity contribution >= 4 is 23.3 Å². The van der Waals surface area contributed by atoms with Crippen LogP contribution >= 0.6 is 0 Å². The van der Waals surface area contributed by atoms with Crippen molar-refractivity contribution in [2.75, 3.05) is 23.8 Å². The molecular formula is C19H16F3N3O4. The van der Waals surface area contributed by atoms with Crippen LogP contribution in [0.5, 0.6) is 11.5 Å². The van der Waals surface area contributed by atoms with E-state index in [0.29, 0.717) is 30.8 Å². The van der Waals surface area contributed by atoms with Crippen molar-refractivity contribution in [2.45, 2.75) is 24.9 Å². The van der Waals surface area contributed by atoms with E-state index in [1.807, 2.05) is 0 Å². The molecule has 0 saturated heterocycles. The lowest BCUT2D eigenvalue weighted by molar-refractivity contribution is -0.137. The number of carbonyl (C=O) groups excluding carboxylic acids is 2. The molecule has 1 aliphatic carbocycles. The number of carbonyl (C=O) groups is 2. The van der Waals surface area contributed by atoms with Crippen LogP contribution < -0.4 is 20.1 Å². The number of ether oxygens (including phenoxy) is 2. The minimum atomic E-state index is -4.58. The fourth-order valence-electron chi connectivity index (χ4n) is 2.85. The van der Waals surface area contributed by atoms with Crippen molar-refractivity contribution in [1.82, 2.24) is 4.98 Å². The Kier molecular flexibility index (Phi) is 4.77. The maximum atomic E-state index is 13.1. The second-order valence-corrected chi connectivity index (χ2v) is 6.70. The molecule has 0 atom stereocenters. The quantitative estimate of drug-likeness (QED) is 0.762. The molecule has 0 spiro atoms. The van der Waals surface area contributed by atoms with Crippen LogP contribution in [0.1, 0.15) is 30.0 Å². The second-order valence-electron chi connectivity index (χ2n) is 6.70. The van der Waals surface area contributed by atoms with Gasteiger partial charge in [0.2, 0.25) is 0 Å². The minimum Gasteiger partial charge on any atom is -0.486 e. The van der Waals surface area contributed by atoms with E-state index >= 15 is 0 Å². The first-order valence-electron chi connectivity index (χ1n) is 8.91. The van der Waals surface area contributed by atoms with Crippen LogP contribution in [-0.2, 0) is 15.8 Å². The van der Waals surface area contributed by atoms with Crippen LogP contribution in [0.3, 0.4) is 0 Å². The number of hydrogen-bond acceptors (Lipinski definition) is 5. The summed E-state index contributed by atoms with van der Waals surface area (Å²) < 4.78 is 50.1. The number of alkyl halides is 3. The third-order valence-corrected chi connectivity index (χ3v) is 4.42. The van der Waals surface area contributed by atoms with Gasteiger partial charge in [0.15, 0.2) is 11.5 Å². The average molecular weight is 407 g/mol. The van der Waals surface area contributed by atoms with Crippen molar-refractivity contribution in [1.29, 1.82) is 0 Å². The van der Waals surface area contributed by atoms with Gasteiger partial charge >= 0.3 is 18.0 Å². The lowest BCUT2D eigenvalue weighted by Gasteiger charge is -2.19. The van der Waals surface area contributed by atoms with E-state index in [2.05, 4.69) is 15.6 Å². The zero-order chi connectivity index (χ0) is 20.6. The van der Waals surface area contributed by atoms with E-state index in [-0.39, 0.29) is 23.1 Å². The Morgan fingerprint density at radius 3 is 2.34 bits per heavy atom. The molecule has 2 N–H and O–H groups in total. The Bertz CT molecular complexity index is 974. The number of nitrogens with one attached hydrogen (secondary N) is 2. The summed E-state index contributed by atoms with van der Waals surface area (Å²) in [5, 5.41) is 4.51. The van der Waals surface area contributed by atoms with Gasteiger partial charge in [0.1, 0.15) is 19.0 Å². The molecule has 29 heavy (non-hydrogen) atoms. The molecule has 10 heteroatoms. The van der Waals surface area contributed by atoms with Crippen LogP contribution in [0.2, 0.25) is 0 Å². The molecule has 2 aliphatic rings. The molecular weight excluding hydrogens is 391 g/mol. The summed E-state index contributed by atoms with van der Waals surface area (Å²) in [4.78, 5) is 28.4. The van der Waals surface area contributed by atoms with E-state index in [9.17, 15) is 22.8 Å². The van der Waals surface area contributed by atoms with E-state index < -0.39 is 23.6 Å². The Labute approximate surface area is 163 Å². The van der Waals surface area contributed by atoms with Gasteiger partial charge < -0.3 is 20.1 Å². The predicted molar refractivity (Wildman–Crippen MR) is 95.9 cm³/mol. The molecule has 0 unspecified atom stereocenters. The Balaban J connectivity index is 1.47. The highest BCUT2D eigenvalue weighted by molar-refractivity contribution is 6.43. The van der Waals surface area contributed by atoms with E-state index in [1.165, 1.54) is 12.1 Å². The number of amides is 2. The lowest BCUT2D eigenvalue weighted by atomic mass is 10.1. The molecule has 0 radical (unpaired) electrons. The van der Waals surface area contributed by atoms with Crippen molar-refractivity contribution in [3.05, 3.63) is 41.6 Å². The molecule has 2 amide bonds. The molecule has 152 valence electrons. The Morgan fingerprint density at radius 1 is 0.966 bits per heavy atom. The fraction of sp³-hybridized carbons (Fsp3) is 0.316. The highest BCUT2D eigenvalue weighted by atomic mass is 19.4. The molecule has 1 saturated carbocycles. The van der Waals surface area contributed by atoms with Gasteiger partial charge in [-0.1, -0.05) is 0 Å². The van der Waals surface area contributed by atoms with Gasteiger partial charge in [-0.05, 0) is 37.1 Å². The van der Waals surface area contributed by atoms with Crippen LogP contribution in [0, 0.1) is 0 Å². The van der Waals surface area contributed by atoms with Crippen molar-refractivity contribution in [2.24, 2.45) is 0 Å². The highest BCUT2D eigenvalue weighted by Gasteiger charge is 2.34. The third kappa shape index (κ3) is 4.41. The number of rotatable bonds is 3. The molecule has 0 bridgehead atoms. The van der Waals surface area contributed by atoms with Crippen LogP contribution in [0.4, 0.5) is 24.7 Å². The van der Waals surface area contributed by atoms with Gasteiger partial charge in [0.05, 0.1) is 5.56 Å². The summed E-state index contributed by atoms with van der Waals surface area (Å²) in [5.41, 5.74) is -0.385. The summed E-state index contributed by atoms with van der Waals surface area (Å²) in [7, 11) is 0. The summed E-state index contributed by atoms with van der Waals surface area (Å²) in [6.07, 6.45) is -3.10. The van der Waals surface area contributed by atoms with Gasteiger partial charge in [-0.25, -0.2) is 4.98 Å². The minimum absolute atomic E-state index is 0.0560. The maximum Gasteiger partial charge on any atom is 0.416 e. The average Bonchev–Trinajstić information content (AvgIpc) is 3.52. The fourth-order valence-corrected chi connectivity index (χ4v) is 2.85. The number of nitrogens with zero attached hydrogens (tertiary/aromatic N) is 1. The van der Waals surface area contributed by atoms with Crippen molar-refractivity contribution in [3.8, 4) is 11.5 Å². The van der Waals surface area contributed by atoms with Crippen LogP contribution in [-0.4, -0.2) is 30.0 Å². The second kappa shape index (κ2) is 7.26. The Hall–Kier alpha value is -3.30. The number of pyridine rings is 1. The number of halogens is 3. The zero-order valence-corrected chi connectivity index (χ0v) is 15.0. The lowest BCUT2D eigenvalue weighted by Crippen LogP contribution is -2.29. The van der Waals surface area contributed by atoms with Gasteiger partial charge in [-0.15, -0.1) is 0 Å². The van der Waals surface area contributed by atoms with Gasteiger partial charge in [0.25, 0.3) is 0 Å². The van der Waals surface area contributed by atoms with Crippen LogP contribution in [0.15, 0.2) is 30.3 Å². The standard InChI is InChI=1S/C19H16F3N3O4/c20-19(21,22)11-7-13(10-1-2-10)24-16(8-11)25-18(27)17(26)23-12-3-4-14-15(9-12)29-6-5-28-14/h3-4,7-10H,1-2,5-6H2,(H,23,26)(H,24,25,27). The van der Waals surface area contributed by atoms with Crippen LogP contribution in [0.25, 0.3) is 0 Å². The van der Waals surface area contributed by atoms with Crippen molar-refractivity contribution in [3.63, 3.8) is 0 Å². The van der Waals surface area contributed by atoms with E-state index in [0.717, 1.165) is 18.9 Å². The molecule has 1 aromatic carbocycles. The molecule has 7 nitrogen and oxygen atoms in total. The third-order valence-electron chi connectivity index (χ3n) is 4.42. The van der Waals surface area contributed by atoms with Gasteiger partial charge in [-0.3, -0.25) is 9.59 Å². The molecule has 2 aromatic rings. The molecule has 4 rings (SSSR count). The highest BCUT2D eigenvalue weighted by Crippen LogP contribution is 2.41. The zero-order valence-electron chi connectivity index (χ0n) is 15.0. The topological polar surface area (TPSA) is 89.5 Å². The summed E-state index contributed by atoms with van der Waals surface area (Å²) in [6.45, 7) is 0.767. The van der Waals surface area contributed by atoms with Crippen molar-refractivity contribution < 1.29 is 32.2 Å². The summed E-state index contributed by atoms with van der Waals surface area (Å²) >= 11 is 0. The van der Waals surface area contributed by atoms with Gasteiger partial charge in [-0.2, -0.15) is 13.2 Å². The smallest absolute Gasteiger partial charge is 0.416 e. The molecule has 1 aromatic heterocycles. The Morgan fingerprint density at radius 2 is 1.66 bits per heavy atom. The SMILES string of the molecule is O=C(Nc1ccc2c(c1)OCCO2)C(=O)Nc1cc(C(F)(F)F)cc(C2CC2)n1. The maximum absolute atomic E-state index is 13.1. The molecule has 1 aliphatic heterocycles. The first-order chi connectivity index (χ1) is 13.8. The predicted octanol–water partition coefficient (Wildman–Crippen LogP) is 3.33. The number of anilines is 2. The van der Waals surface area contributed by atoms with E-state index in [4.69, 9.17) is 9.47 Å².